The van der Waals surface area contributed by atoms with E-state index in [1.54, 1.807) is 0 Å². The van der Waals surface area contributed by atoms with Crippen LogP contribution >= 0.6 is 0 Å². The molecule has 0 saturated carbocycles. The van der Waals surface area contributed by atoms with E-state index in [1.165, 1.54) is 5.56 Å². The number of hydrazone groups is 1. The molecule has 0 fully saturated rings. The second-order valence-corrected chi connectivity index (χ2v) is 4.57. The van der Waals surface area contributed by atoms with Gasteiger partial charge in [0.1, 0.15) is 0 Å². The molecule has 0 aliphatic rings. The van der Waals surface area contributed by atoms with Crippen LogP contribution in [0, 0.1) is 0 Å². The second-order valence-electron chi connectivity index (χ2n) is 4.57. The Labute approximate surface area is 110 Å². The Kier molecular flexibility index (Phi) is 5.92. The van der Waals surface area contributed by atoms with Crippen LogP contribution in [0.2, 0.25) is 0 Å². The predicted octanol–water partition coefficient (Wildman–Crippen LogP) is 4.21. The molecule has 0 spiro atoms. The normalized spacial score (nSPS) is 12.8. The number of nitrogens with one attached hydrogen (secondary N) is 1. The smallest absolute Gasteiger partial charge is 0.0544 e. The van der Waals surface area contributed by atoms with Crippen molar-refractivity contribution in [3.05, 3.63) is 59.3 Å². The molecule has 2 heteroatoms. The summed E-state index contributed by atoms with van der Waals surface area (Å²) in [6.07, 6.45) is 7.78. The van der Waals surface area contributed by atoms with Crippen molar-refractivity contribution in [3.63, 3.8) is 0 Å². The Balaban J connectivity index is 2.57. The molecule has 0 aliphatic carbocycles. The van der Waals surface area contributed by atoms with Gasteiger partial charge in [-0.3, -0.25) is 5.43 Å². The molecule has 1 rings (SSSR count). The van der Waals surface area contributed by atoms with Crippen molar-refractivity contribution < 1.29 is 0 Å². The van der Waals surface area contributed by atoms with Crippen molar-refractivity contribution in [2.75, 3.05) is 0 Å². The average Bonchev–Trinajstić information content (AvgIpc) is 2.37. The quantitative estimate of drug-likeness (QED) is 0.467. The Hall–Kier alpha value is -1.83. The molecule has 1 N–H and O–H groups in total. The number of nitrogens with zero attached hydrogens (tertiary/aromatic N) is 1. The molecule has 0 aromatic heterocycles. The van der Waals surface area contributed by atoms with Crippen LogP contribution in [0.15, 0.2) is 53.3 Å². The topological polar surface area (TPSA) is 24.4 Å². The van der Waals surface area contributed by atoms with E-state index in [-0.39, 0.29) is 0 Å². The largest absolute Gasteiger partial charge is 0.283 e. The summed E-state index contributed by atoms with van der Waals surface area (Å²) < 4.78 is 0. The van der Waals surface area contributed by atoms with Crippen molar-refractivity contribution in [1.82, 2.24) is 5.43 Å². The van der Waals surface area contributed by atoms with Crippen molar-refractivity contribution in [3.8, 4) is 0 Å². The fourth-order valence-corrected chi connectivity index (χ4v) is 1.45. The molecule has 0 atom stereocenters. The monoisotopic (exact) mass is 242 g/mol. The molecular weight excluding hydrogens is 220 g/mol. The number of rotatable bonds is 5. The Bertz CT molecular complexity index is 437. The van der Waals surface area contributed by atoms with E-state index in [2.05, 4.69) is 48.6 Å². The lowest BCUT2D eigenvalue weighted by atomic mass is 10.0. The molecule has 0 unspecified atom stereocenters. The average molecular weight is 242 g/mol. The summed E-state index contributed by atoms with van der Waals surface area (Å²) in [6.45, 7) is 8.36. The minimum Gasteiger partial charge on any atom is -0.283 e. The molecular formula is C16H22N2. The molecule has 96 valence electrons. The molecule has 0 bridgehead atoms. The first-order chi connectivity index (χ1) is 8.63. The minimum absolute atomic E-state index is 0.570. The van der Waals surface area contributed by atoms with Crippen molar-refractivity contribution in [2.45, 2.75) is 33.6 Å². The third-order valence-electron chi connectivity index (χ3n) is 2.60. The van der Waals surface area contributed by atoms with E-state index in [1.807, 2.05) is 38.3 Å². The van der Waals surface area contributed by atoms with Gasteiger partial charge in [0.25, 0.3) is 0 Å². The van der Waals surface area contributed by atoms with Gasteiger partial charge in [-0.05, 0) is 37.0 Å². The lowest BCUT2D eigenvalue weighted by Gasteiger charge is -2.04. The van der Waals surface area contributed by atoms with Gasteiger partial charge in [0.15, 0.2) is 0 Å². The van der Waals surface area contributed by atoms with Gasteiger partial charge in [-0.15, -0.1) is 0 Å². The lowest BCUT2D eigenvalue weighted by Crippen LogP contribution is -2.01. The van der Waals surface area contributed by atoms with Gasteiger partial charge in [0, 0.05) is 5.70 Å². The highest BCUT2D eigenvalue weighted by atomic mass is 15.3. The summed E-state index contributed by atoms with van der Waals surface area (Å²) in [5.41, 5.74) is 6.45. The molecule has 0 radical (unpaired) electrons. The summed E-state index contributed by atoms with van der Waals surface area (Å²) in [7, 11) is 0. The van der Waals surface area contributed by atoms with Crippen molar-refractivity contribution >= 4 is 6.21 Å². The standard InChI is InChI=1S/C16H22N2/c1-5-6-7-14(4)18-17-12-15-8-10-16(11-9-15)13(2)3/h5-13,18H,1-4H3/b6-5-,14-7+,17-12+. The number of allylic oxidation sites excluding steroid dienone is 4. The first-order valence-electron chi connectivity index (χ1n) is 6.32. The summed E-state index contributed by atoms with van der Waals surface area (Å²) in [5, 5.41) is 4.19. The Morgan fingerprint density at radius 1 is 1.22 bits per heavy atom. The number of benzene rings is 1. The first kappa shape index (κ1) is 14.2. The van der Waals surface area contributed by atoms with Crippen LogP contribution in [-0.4, -0.2) is 6.21 Å². The van der Waals surface area contributed by atoms with Crippen LogP contribution in [-0.2, 0) is 0 Å². The SMILES string of the molecule is C/C=C\C=C(/C)N/N=C/c1ccc(C(C)C)cc1. The zero-order chi connectivity index (χ0) is 13.4. The summed E-state index contributed by atoms with van der Waals surface area (Å²) in [6, 6.07) is 8.47. The molecule has 0 aliphatic heterocycles. The van der Waals surface area contributed by atoms with Gasteiger partial charge in [-0.25, -0.2) is 0 Å². The summed E-state index contributed by atoms with van der Waals surface area (Å²) in [5.74, 6) is 0.570. The highest BCUT2D eigenvalue weighted by Gasteiger charge is 1.97. The summed E-state index contributed by atoms with van der Waals surface area (Å²) >= 11 is 0. The van der Waals surface area contributed by atoms with E-state index in [9.17, 15) is 0 Å². The highest BCUT2D eigenvalue weighted by Crippen LogP contribution is 2.13. The van der Waals surface area contributed by atoms with Gasteiger partial charge in [0.05, 0.1) is 6.21 Å². The van der Waals surface area contributed by atoms with Crippen LogP contribution < -0.4 is 5.43 Å². The maximum atomic E-state index is 4.19. The minimum atomic E-state index is 0.570. The van der Waals surface area contributed by atoms with E-state index in [0.29, 0.717) is 5.92 Å². The van der Waals surface area contributed by atoms with Crippen LogP contribution in [0.25, 0.3) is 0 Å². The molecule has 1 aromatic rings. The van der Waals surface area contributed by atoms with E-state index >= 15 is 0 Å². The van der Waals surface area contributed by atoms with Gasteiger partial charge >= 0.3 is 0 Å². The maximum absolute atomic E-state index is 4.19. The predicted molar refractivity (Wildman–Crippen MR) is 79.8 cm³/mol. The Morgan fingerprint density at radius 3 is 2.44 bits per heavy atom. The molecule has 2 nitrogen and oxygen atoms in total. The van der Waals surface area contributed by atoms with E-state index < -0.39 is 0 Å². The fourth-order valence-electron chi connectivity index (χ4n) is 1.45. The van der Waals surface area contributed by atoms with Gasteiger partial charge in [0.2, 0.25) is 0 Å². The van der Waals surface area contributed by atoms with Crippen molar-refractivity contribution in [2.24, 2.45) is 5.10 Å². The van der Waals surface area contributed by atoms with Crippen LogP contribution in [0.4, 0.5) is 0 Å². The number of hydrogen-bond donors (Lipinski definition) is 1. The zero-order valence-corrected chi connectivity index (χ0v) is 11.6. The molecule has 0 amide bonds. The van der Waals surface area contributed by atoms with Crippen LogP contribution in [0.1, 0.15) is 44.7 Å². The Morgan fingerprint density at radius 2 is 1.89 bits per heavy atom. The van der Waals surface area contributed by atoms with Gasteiger partial charge in [-0.2, -0.15) is 5.10 Å². The molecule has 0 heterocycles. The summed E-state index contributed by atoms with van der Waals surface area (Å²) in [4.78, 5) is 0. The van der Waals surface area contributed by atoms with Crippen molar-refractivity contribution in [1.29, 1.82) is 0 Å². The maximum Gasteiger partial charge on any atom is 0.0544 e. The second kappa shape index (κ2) is 7.49. The molecule has 1 aromatic carbocycles. The zero-order valence-electron chi connectivity index (χ0n) is 11.6. The highest BCUT2D eigenvalue weighted by molar-refractivity contribution is 5.79. The fraction of sp³-hybridized carbons (Fsp3) is 0.312. The van der Waals surface area contributed by atoms with E-state index in [4.69, 9.17) is 0 Å². The first-order valence-corrected chi connectivity index (χ1v) is 6.32. The molecule has 0 saturated heterocycles. The van der Waals surface area contributed by atoms with E-state index in [0.717, 1.165) is 11.3 Å². The van der Waals surface area contributed by atoms with Gasteiger partial charge in [-0.1, -0.05) is 50.3 Å². The third kappa shape index (κ3) is 5.00. The number of hydrogen-bond acceptors (Lipinski definition) is 2. The lowest BCUT2D eigenvalue weighted by molar-refractivity contribution is 0.866. The van der Waals surface area contributed by atoms with Crippen LogP contribution in [0.5, 0.6) is 0 Å². The third-order valence-corrected chi connectivity index (χ3v) is 2.60. The van der Waals surface area contributed by atoms with Crippen LogP contribution in [0.3, 0.4) is 0 Å². The van der Waals surface area contributed by atoms with Gasteiger partial charge < -0.3 is 0 Å². The molecule has 18 heavy (non-hydrogen) atoms.